The van der Waals surface area contributed by atoms with E-state index in [0.29, 0.717) is 21.9 Å². The Labute approximate surface area is 284 Å². The van der Waals surface area contributed by atoms with Gasteiger partial charge in [-0.1, -0.05) is 101 Å². The number of aromatic nitrogens is 1. The maximum atomic E-state index is 14.4. The van der Waals surface area contributed by atoms with Crippen LogP contribution in [-0.2, 0) is 16.1 Å². The van der Waals surface area contributed by atoms with E-state index in [1.807, 2.05) is 42.5 Å². The molecule has 6 nitrogen and oxygen atoms in total. The van der Waals surface area contributed by atoms with Gasteiger partial charge < -0.3 is 9.47 Å². The summed E-state index contributed by atoms with van der Waals surface area (Å²) in [5.41, 5.74) is -1.57. The van der Waals surface area contributed by atoms with E-state index in [4.69, 9.17) is 44.3 Å². The zero-order valence-corrected chi connectivity index (χ0v) is 27.4. The van der Waals surface area contributed by atoms with Crippen molar-refractivity contribution in [2.24, 2.45) is 4.99 Å². The number of nitrogens with zero attached hydrogens (tertiary/aromatic N) is 2. The Morgan fingerprint density at radius 1 is 1.00 bits per heavy atom. The second-order valence-corrected chi connectivity index (χ2v) is 12.6. The highest BCUT2D eigenvalue weighted by Gasteiger charge is 2.45. The van der Waals surface area contributed by atoms with E-state index in [2.05, 4.69) is 4.99 Å². The number of allylic oxidation sites excluding steroid dienone is 1. The Kier molecular flexibility index (Phi) is 9.22. The van der Waals surface area contributed by atoms with Crippen LogP contribution in [0.4, 0.5) is 13.2 Å². The first-order valence-electron chi connectivity index (χ1n) is 14.1. The van der Waals surface area contributed by atoms with Crippen LogP contribution in [0.5, 0.6) is 5.75 Å². The Hall–Kier alpha value is -4.09. The van der Waals surface area contributed by atoms with Crippen LogP contribution in [-0.4, -0.2) is 23.3 Å². The third-order valence-corrected chi connectivity index (χ3v) is 9.09. The molecule has 6 rings (SSSR count). The number of thiazole rings is 1. The van der Waals surface area contributed by atoms with Gasteiger partial charge in [-0.15, -0.1) is 0 Å². The molecule has 0 spiro atoms. The largest absolute Gasteiger partial charge is 0.487 e. The van der Waals surface area contributed by atoms with Crippen LogP contribution in [0.15, 0.2) is 99.9 Å². The number of alkyl halides is 3. The summed E-state index contributed by atoms with van der Waals surface area (Å²) in [6, 6.07) is 20.9. The van der Waals surface area contributed by atoms with Crippen molar-refractivity contribution in [2.75, 3.05) is 6.61 Å². The van der Waals surface area contributed by atoms with E-state index in [9.17, 15) is 22.8 Å². The number of esters is 1. The van der Waals surface area contributed by atoms with Crippen LogP contribution in [0.25, 0.3) is 16.8 Å². The molecule has 1 aromatic heterocycles. The van der Waals surface area contributed by atoms with Gasteiger partial charge in [0.25, 0.3) is 5.56 Å². The second kappa shape index (κ2) is 13.2. The lowest BCUT2D eigenvalue weighted by Gasteiger charge is -2.26. The summed E-state index contributed by atoms with van der Waals surface area (Å²) in [5, 5.41) is 2.73. The third-order valence-electron chi connectivity index (χ3n) is 7.36. The van der Waals surface area contributed by atoms with E-state index < -0.39 is 35.0 Å². The molecule has 1 aliphatic heterocycles. The van der Waals surface area contributed by atoms with Gasteiger partial charge in [-0.2, -0.15) is 13.2 Å². The van der Waals surface area contributed by atoms with Crippen LogP contribution in [0.1, 0.15) is 29.7 Å². The van der Waals surface area contributed by atoms with Crippen molar-refractivity contribution < 1.29 is 27.4 Å². The first-order chi connectivity index (χ1) is 22.5. The molecule has 1 atom stereocenters. The molecule has 0 N–H and O–H groups in total. The summed E-state index contributed by atoms with van der Waals surface area (Å²) < 4.78 is 55.6. The molecule has 0 bridgehead atoms. The molecule has 0 fully saturated rings. The van der Waals surface area contributed by atoms with Crippen LogP contribution >= 0.6 is 46.1 Å². The standard InChI is InChI=1S/C34H22Cl3F3N2O4S/c1-2-45-32(44)27-28(19-10-12-22(35)13-11-19)42-31(43)26(47-33(42)41-30(27)34(38,39)40)15-21-14-23(36)16-25(37)29(21)46-17-20-8-5-7-18-6-3-4-9-24(18)20/h3-16,28H,2,17H2,1H3/b26-15-/t28-/m0/s1. The maximum Gasteiger partial charge on any atom is 0.434 e. The number of ether oxygens (including phenoxy) is 2. The first-order valence-corrected chi connectivity index (χ1v) is 16.1. The number of fused-ring (bicyclic) bond motifs is 2. The summed E-state index contributed by atoms with van der Waals surface area (Å²) in [5.74, 6) is -1.03. The fourth-order valence-electron chi connectivity index (χ4n) is 5.35. The number of carbonyl (C=O) groups is 1. The minimum atomic E-state index is -5.04. The molecule has 0 radical (unpaired) electrons. The average Bonchev–Trinajstić information content (AvgIpc) is 3.34. The molecule has 240 valence electrons. The number of rotatable bonds is 7. The predicted octanol–water partition coefficient (Wildman–Crippen LogP) is 8.03. The molecule has 0 aliphatic carbocycles. The summed E-state index contributed by atoms with van der Waals surface area (Å²) >= 11 is 19.7. The molecule has 4 aromatic carbocycles. The van der Waals surface area contributed by atoms with E-state index in [1.54, 1.807) is 0 Å². The van der Waals surface area contributed by atoms with E-state index in [-0.39, 0.29) is 43.9 Å². The molecule has 2 heterocycles. The summed E-state index contributed by atoms with van der Waals surface area (Å²) in [7, 11) is 0. The quantitative estimate of drug-likeness (QED) is 0.160. The Bertz CT molecular complexity index is 2240. The van der Waals surface area contributed by atoms with Crippen molar-refractivity contribution in [3.8, 4) is 5.75 Å². The molecule has 0 saturated carbocycles. The number of benzene rings is 4. The van der Waals surface area contributed by atoms with Gasteiger partial charge in [0.05, 0.1) is 27.8 Å². The SMILES string of the molecule is CCOC(=O)C1=C(C(F)(F)F)N=c2s/c(=C\c3cc(Cl)cc(Cl)c3OCc3cccc4ccccc34)c(=O)n2[C@H]1c1ccc(Cl)cc1. The molecular weight excluding hydrogens is 696 g/mol. The third kappa shape index (κ3) is 6.56. The number of carbonyl (C=O) groups excluding carboxylic acids is 1. The van der Waals surface area contributed by atoms with E-state index in [0.717, 1.165) is 20.9 Å². The van der Waals surface area contributed by atoms with Gasteiger partial charge in [-0.05, 0) is 59.2 Å². The van der Waals surface area contributed by atoms with Crippen molar-refractivity contribution in [1.29, 1.82) is 0 Å². The zero-order valence-electron chi connectivity index (χ0n) is 24.3. The molecule has 0 amide bonds. The number of halogens is 6. The topological polar surface area (TPSA) is 69.9 Å². The summed E-state index contributed by atoms with van der Waals surface area (Å²) in [6.07, 6.45) is -3.61. The lowest BCUT2D eigenvalue weighted by atomic mass is 9.95. The number of hydrogen-bond acceptors (Lipinski definition) is 6. The molecule has 0 saturated heterocycles. The Morgan fingerprint density at radius 3 is 2.45 bits per heavy atom. The summed E-state index contributed by atoms with van der Waals surface area (Å²) in [6.45, 7) is 1.40. The van der Waals surface area contributed by atoms with Crippen molar-refractivity contribution in [1.82, 2.24) is 4.57 Å². The van der Waals surface area contributed by atoms with Crippen molar-refractivity contribution in [3.05, 3.63) is 142 Å². The van der Waals surface area contributed by atoms with Crippen molar-refractivity contribution >= 4 is 69.0 Å². The highest BCUT2D eigenvalue weighted by Crippen LogP contribution is 2.39. The predicted molar refractivity (Wildman–Crippen MR) is 177 cm³/mol. The van der Waals surface area contributed by atoms with E-state index in [1.165, 1.54) is 49.4 Å². The van der Waals surface area contributed by atoms with Crippen LogP contribution in [0.3, 0.4) is 0 Å². The first kappa shape index (κ1) is 32.8. The highest BCUT2D eigenvalue weighted by atomic mass is 35.5. The van der Waals surface area contributed by atoms with Crippen molar-refractivity contribution in [2.45, 2.75) is 25.7 Å². The second-order valence-electron chi connectivity index (χ2n) is 10.3. The Morgan fingerprint density at radius 2 is 1.72 bits per heavy atom. The maximum absolute atomic E-state index is 14.4. The van der Waals surface area contributed by atoms with Gasteiger partial charge in [0, 0.05) is 15.6 Å². The van der Waals surface area contributed by atoms with Gasteiger partial charge in [-0.25, -0.2) is 9.79 Å². The normalized spacial score (nSPS) is 15.0. The van der Waals surface area contributed by atoms with Crippen LogP contribution < -0.4 is 19.6 Å². The highest BCUT2D eigenvalue weighted by molar-refractivity contribution is 7.07. The van der Waals surface area contributed by atoms with E-state index >= 15 is 0 Å². The zero-order chi connectivity index (χ0) is 33.5. The molecule has 1 aliphatic rings. The molecule has 0 unspecified atom stereocenters. The molecule has 13 heteroatoms. The lowest BCUT2D eigenvalue weighted by Crippen LogP contribution is -2.41. The van der Waals surface area contributed by atoms with Gasteiger partial charge >= 0.3 is 12.1 Å². The van der Waals surface area contributed by atoms with Gasteiger partial charge in [0.15, 0.2) is 10.5 Å². The lowest BCUT2D eigenvalue weighted by molar-refractivity contribution is -0.140. The van der Waals surface area contributed by atoms with Gasteiger partial charge in [0.2, 0.25) is 0 Å². The minimum Gasteiger partial charge on any atom is -0.487 e. The molecule has 5 aromatic rings. The van der Waals surface area contributed by atoms with Gasteiger partial charge in [-0.3, -0.25) is 9.36 Å². The summed E-state index contributed by atoms with van der Waals surface area (Å²) in [4.78, 5) is 30.7. The fourth-order valence-corrected chi connectivity index (χ4v) is 7.03. The van der Waals surface area contributed by atoms with Crippen LogP contribution in [0.2, 0.25) is 15.1 Å². The smallest absolute Gasteiger partial charge is 0.434 e. The van der Waals surface area contributed by atoms with Crippen molar-refractivity contribution in [3.63, 3.8) is 0 Å². The molecular formula is C34H22Cl3F3N2O4S. The molecule has 47 heavy (non-hydrogen) atoms. The number of hydrogen-bond donors (Lipinski definition) is 0. The van der Waals surface area contributed by atoms with Gasteiger partial charge in [0.1, 0.15) is 12.4 Å². The van der Waals surface area contributed by atoms with Crippen LogP contribution in [0, 0.1) is 0 Å². The fraction of sp³-hybridized carbons (Fsp3) is 0.147. The average molecular weight is 718 g/mol. The minimum absolute atomic E-state index is 0.00249. The Balaban J connectivity index is 1.52. The monoisotopic (exact) mass is 716 g/mol.